The average molecular weight is 155 g/mol. The van der Waals surface area contributed by atoms with Crippen LogP contribution in [-0.4, -0.2) is 23.0 Å². The Morgan fingerprint density at radius 1 is 1.18 bits per heavy atom. The Morgan fingerprint density at radius 3 is 2.18 bits per heavy atom. The molecule has 0 spiro atoms. The molecule has 0 aromatic heterocycles. The molecule has 0 radical (unpaired) electrons. The summed E-state index contributed by atoms with van der Waals surface area (Å²) in [6, 6.07) is 0.795. The van der Waals surface area contributed by atoms with Crippen molar-refractivity contribution in [1.82, 2.24) is 4.90 Å². The highest BCUT2D eigenvalue weighted by atomic mass is 15.2. The van der Waals surface area contributed by atoms with Gasteiger partial charge in [0.15, 0.2) is 0 Å². The van der Waals surface area contributed by atoms with Gasteiger partial charge in [-0.3, -0.25) is 4.90 Å². The third-order valence-corrected chi connectivity index (χ3v) is 2.66. The highest BCUT2D eigenvalue weighted by Gasteiger charge is 2.27. The van der Waals surface area contributed by atoms with Crippen LogP contribution < -0.4 is 0 Å². The van der Waals surface area contributed by atoms with Crippen LogP contribution in [0, 0.1) is 0 Å². The second-order valence-electron chi connectivity index (χ2n) is 4.71. The van der Waals surface area contributed by atoms with E-state index in [1.54, 1.807) is 0 Å². The first kappa shape index (κ1) is 9.05. The van der Waals surface area contributed by atoms with Crippen LogP contribution in [0.1, 0.15) is 47.0 Å². The summed E-state index contributed by atoms with van der Waals surface area (Å²) in [6.07, 6.45) is 4.20. The second kappa shape index (κ2) is 3.14. The van der Waals surface area contributed by atoms with Gasteiger partial charge in [-0.15, -0.1) is 0 Å². The Hall–Kier alpha value is -0.0400. The molecular formula is C10H21N. The van der Waals surface area contributed by atoms with Crippen molar-refractivity contribution >= 4 is 0 Å². The van der Waals surface area contributed by atoms with Gasteiger partial charge in [0.05, 0.1) is 0 Å². The molecule has 0 bridgehead atoms. The summed E-state index contributed by atoms with van der Waals surface area (Å²) in [5.41, 5.74) is 0.375. The minimum Gasteiger partial charge on any atom is -0.296 e. The Morgan fingerprint density at radius 2 is 1.82 bits per heavy atom. The number of hydrogen-bond acceptors (Lipinski definition) is 1. The summed E-state index contributed by atoms with van der Waals surface area (Å²) < 4.78 is 0. The van der Waals surface area contributed by atoms with E-state index >= 15 is 0 Å². The molecule has 0 aromatic rings. The van der Waals surface area contributed by atoms with Gasteiger partial charge in [0.25, 0.3) is 0 Å². The van der Waals surface area contributed by atoms with E-state index < -0.39 is 0 Å². The molecule has 66 valence electrons. The fourth-order valence-corrected chi connectivity index (χ4v) is 2.09. The zero-order valence-electron chi connectivity index (χ0n) is 8.35. The molecule has 1 aliphatic heterocycles. The van der Waals surface area contributed by atoms with Crippen LogP contribution >= 0.6 is 0 Å². The van der Waals surface area contributed by atoms with Crippen LogP contribution in [-0.2, 0) is 0 Å². The van der Waals surface area contributed by atoms with E-state index in [-0.39, 0.29) is 0 Å². The zero-order valence-corrected chi connectivity index (χ0v) is 8.35. The molecule has 0 unspecified atom stereocenters. The Bertz CT molecular complexity index is 123. The topological polar surface area (TPSA) is 3.24 Å². The van der Waals surface area contributed by atoms with Crippen molar-refractivity contribution in [3.05, 3.63) is 0 Å². The summed E-state index contributed by atoms with van der Waals surface area (Å²) >= 11 is 0. The van der Waals surface area contributed by atoms with Crippen LogP contribution in [0.5, 0.6) is 0 Å². The lowest BCUT2D eigenvalue weighted by molar-refractivity contribution is 0.0609. The fourth-order valence-electron chi connectivity index (χ4n) is 2.09. The predicted molar refractivity (Wildman–Crippen MR) is 49.8 cm³/mol. The molecule has 0 aromatic carbocycles. The Labute approximate surface area is 70.8 Å². The predicted octanol–water partition coefficient (Wildman–Crippen LogP) is 2.66. The molecule has 0 N–H and O–H groups in total. The van der Waals surface area contributed by atoms with E-state index in [0.29, 0.717) is 5.54 Å². The molecule has 1 nitrogen and oxygen atoms in total. The van der Waals surface area contributed by atoms with Crippen molar-refractivity contribution in [2.75, 3.05) is 6.54 Å². The van der Waals surface area contributed by atoms with Gasteiger partial charge in [-0.05, 0) is 47.1 Å². The summed E-state index contributed by atoms with van der Waals surface area (Å²) in [5, 5.41) is 0. The van der Waals surface area contributed by atoms with Crippen molar-refractivity contribution in [3.8, 4) is 0 Å². The van der Waals surface area contributed by atoms with Crippen molar-refractivity contribution in [1.29, 1.82) is 0 Å². The normalized spacial score (nSPS) is 28.9. The van der Waals surface area contributed by atoms with Crippen LogP contribution in [0.4, 0.5) is 0 Å². The third kappa shape index (κ3) is 2.19. The van der Waals surface area contributed by atoms with Gasteiger partial charge >= 0.3 is 0 Å². The fraction of sp³-hybridized carbons (Fsp3) is 1.00. The van der Waals surface area contributed by atoms with Crippen molar-refractivity contribution in [2.45, 2.75) is 58.5 Å². The van der Waals surface area contributed by atoms with E-state index in [4.69, 9.17) is 0 Å². The number of rotatable bonds is 0. The van der Waals surface area contributed by atoms with E-state index in [0.717, 1.165) is 6.04 Å². The standard InChI is InChI=1S/C10H21N/c1-9-7-5-6-8-11(9)10(2,3)4/h9H,5-8H2,1-4H3/t9-/m0/s1. The van der Waals surface area contributed by atoms with Crippen molar-refractivity contribution in [3.63, 3.8) is 0 Å². The molecule has 1 atom stereocenters. The number of likely N-dealkylation sites (tertiary alicyclic amines) is 1. The first-order valence-corrected chi connectivity index (χ1v) is 4.78. The van der Waals surface area contributed by atoms with Gasteiger partial charge in [0, 0.05) is 11.6 Å². The third-order valence-electron chi connectivity index (χ3n) is 2.66. The second-order valence-corrected chi connectivity index (χ2v) is 4.71. The van der Waals surface area contributed by atoms with Gasteiger partial charge in [-0.1, -0.05) is 6.42 Å². The number of nitrogens with zero attached hydrogens (tertiary/aromatic N) is 1. The largest absolute Gasteiger partial charge is 0.296 e. The number of piperidine rings is 1. The van der Waals surface area contributed by atoms with Gasteiger partial charge in [0.2, 0.25) is 0 Å². The number of hydrogen-bond donors (Lipinski definition) is 0. The van der Waals surface area contributed by atoms with Crippen molar-refractivity contribution in [2.24, 2.45) is 0 Å². The van der Waals surface area contributed by atoms with E-state index in [9.17, 15) is 0 Å². The lowest BCUT2D eigenvalue weighted by Gasteiger charge is -2.43. The van der Waals surface area contributed by atoms with Crippen LogP contribution in [0.25, 0.3) is 0 Å². The Kier molecular flexibility index (Phi) is 2.58. The maximum Gasteiger partial charge on any atom is 0.0127 e. The molecule has 0 amide bonds. The maximum absolute atomic E-state index is 2.62. The van der Waals surface area contributed by atoms with E-state index in [1.165, 1.54) is 25.8 Å². The molecule has 0 aliphatic carbocycles. The highest BCUT2D eigenvalue weighted by Crippen LogP contribution is 2.24. The first-order chi connectivity index (χ1) is 5.02. The summed E-state index contributed by atoms with van der Waals surface area (Å²) in [4.78, 5) is 2.62. The maximum atomic E-state index is 2.62. The summed E-state index contributed by atoms with van der Waals surface area (Å²) in [6.45, 7) is 10.6. The lowest BCUT2D eigenvalue weighted by Crippen LogP contribution is -2.49. The molecule has 1 rings (SSSR count). The molecule has 1 heteroatoms. The van der Waals surface area contributed by atoms with Gasteiger partial charge < -0.3 is 0 Å². The van der Waals surface area contributed by atoms with Gasteiger partial charge in [0.1, 0.15) is 0 Å². The lowest BCUT2D eigenvalue weighted by atomic mass is 9.96. The molecule has 0 saturated carbocycles. The minimum absolute atomic E-state index is 0.375. The molecule has 1 heterocycles. The van der Waals surface area contributed by atoms with Crippen LogP contribution in [0.15, 0.2) is 0 Å². The van der Waals surface area contributed by atoms with Crippen molar-refractivity contribution < 1.29 is 0 Å². The average Bonchev–Trinajstić information content (AvgIpc) is 1.86. The quantitative estimate of drug-likeness (QED) is 0.520. The highest BCUT2D eigenvalue weighted by molar-refractivity contribution is 4.83. The van der Waals surface area contributed by atoms with E-state index in [2.05, 4.69) is 32.6 Å². The monoisotopic (exact) mass is 155 g/mol. The van der Waals surface area contributed by atoms with Crippen LogP contribution in [0.2, 0.25) is 0 Å². The summed E-state index contributed by atoms with van der Waals surface area (Å²) in [7, 11) is 0. The molecule has 1 aliphatic rings. The summed E-state index contributed by atoms with van der Waals surface area (Å²) in [5.74, 6) is 0. The SMILES string of the molecule is C[C@H]1CCCCN1C(C)(C)C. The first-order valence-electron chi connectivity index (χ1n) is 4.78. The van der Waals surface area contributed by atoms with E-state index in [1.807, 2.05) is 0 Å². The van der Waals surface area contributed by atoms with Gasteiger partial charge in [-0.25, -0.2) is 0 Å². The molecular weight excluding hydrogens is 134 g/mol. The Balaban J connectivity index is 2.55. The molecule has 11 heavy (non-hydrogen) atoms. The van der Waals surface area contributed by atoms with Gasteiger partial charge in [-0.2, -0.15) is 0 Å². The van der Waals surface area contributed by atoms with Crippen LogP contribution in [0.3, 0.4) is 0 Å². The zero-order chi connectivity index (χ0) is 8.48. The smallest absolute Gasteiger partial charge is 0.0127 e. The minimum atomic E-state index is 0.375. The molecule has 1 saturated heterocycles. The molecule has 1 fully saturated rings.